The van der Waals surface area contributed by atoms with E-state index in [1.54, 1.807) is 0 Å². The number of carbonyl (C=O) groups excluding carboxylic acids is 1. The molecule has 0 aliphatic carbocycles. The first-order chi connectivity index (χ1) is 14.6. The van der Waals surface area contributed by atoms with Crippen LogP contribution in [0.5, 0.6) is 0 Å². The predicted octanol–water partition coefficient (Wildman–Crippen LogP) is 5.29. The molecule has 4 aromatic rings. The summed E-state index contributed by atoms with van der Waals surface area (Å²) < 4.78 is 0. The smallest absolute Gasteiger partial charge is 0.175 e. The van der Waals surface area contributed by atoms with Crippen molar-refractivity contribution in [2.75, 3.05) is 0 Å². The summed E-state index contributed by atoms with van der Waals surface area (Å²) in [6.45, 7) is 0. The molecule has 2 atom stereocenters. The average molecular weight is 393 g/mol. The lowest BCUT2D eigenvalue weighted by Gasteiger charge is -2.18. The zero-order chi connectivity index (χ0) is 20.9. The van der Waals surface area contributed by atoms with Crippen molar-refractivity contribution in [3.8, 4) is 22.3 Å². The van der Waals surface area contributed by atoms with Gasteiger partial charge < -0.3 is 11.5 Å². The molecule has 0 saturated heterocycles. The third-order valence-electron chi connectivity index (χ3n) is 5.37. The van der Waals surface area contributed by atoms with Crippen molar-refractivity contribution in [2.45, 2.75) is 12.1 Å². The fourth-order valence-electron chi connectivity index (χ4n) is 3.55. The Labute approximate surface area is 177 Å². The topological polar surface area (TPSA) is 69.1 Å². The lowest BCUT2D eigenvalue weighted by atomic mass is 9.92. The van der Waals surface area contributed by atoms with Crippen LogP contribution < -0.4 is 11.5 Å². The zero-order valence-corrected chi connectivity index (χ0v) is 16.6. The fraction of sp³-hybridized carbons (Fsp3) is 0.0741. The van der Waals surface area contributed by atoms with Gasteiger partial charge in [-0.05, 0) is 33.4 Å². The summed E-state index contributed by atoms with van der Waals surface area (Å²) in [6, 6.07) is 34.2. The normalized spacial score (nSPS) is 12.9. The van der Waals surface area contributed by atoms with Crippen LogP contribution in [0.2, 0.25) is 0 Å². The molecule has 0 spiro atoms. The summed E-state index contributed by atoms with van der Waals surface area (Å²) in [5.74, 6) is -0.199. The van der Waals surface area contributed by atoms with Crippen LogP contribution in [-0.2, 0) is 4.79 Å². The molecular formula is C27H24N2O. The molecule has 0 heterocycles. The molecule has 2 unspecified atom stereocenters. The van der Waals surface area contributed by atoms with Crippen LogP contribution in [0.1, 0.15) is 23.2 Å². The Hall–Kier alpha value is -3.53. The first kappa shape index (κ1) is 19.8. The standard InChI is InChI=1S/C27H24N2O/c28-25(23-15-11-21(12-16-23)19-7-3-1-4-8-19)27(30)26(29)24-17-13-22(14-18-24)20-9-5-2-6-10-20/h1-18,25-26H,28-29H2. The molecule has 148 valence electrons. The van der Waals surface area contributed by atoms with Crippen LogP contribution in [0.4, 0.5) is 0 Å². The maximum atomic E-state index is 12.9. The van der Waals surface area contributed by atoms with E-state index in [9.17, 15) is 4.79 Å². The number of Topliss-reactive ketones (excluding diaryl/α,β-unsaturated/α-hetero) is 1. The van der Waals surface area contributed by atoms with Crippen LogP contribution >= 0.6 is 0 Å². The number of rotatable bonds is 6. The maximum Gasteiger partial charge on any atom is 0.175 e. The second kappa shape index (κ2) is 8.87. The molecule has 4 aromatic carbocycles. The SMILES string of the molecule is NC(C(=O)C(N)c1ccc(-c2ccccc2)cc1)c1ccc(-c2ccccc2)cc1. The molecule has 0 amide bonds. The van der Waals surface area contributed by atoms with E-state index in [0.29, 0.717) is 0 Å². The highest BCUT2D eigenvalue weighted by atomic mass is 16.1. The third-order valence-corrected chi connectivity index (χ3v) is 5.37. The lowest BCUT2D eigenvalue weighted by Crippen LogP contribution is -2.31. The van der Waals surface area contributed by atoms with Gasteiger partial charge in [-0.2, -0.15) is 0 Å². The van der Waals surface area contributed by atoms with Crippen LogP contribution in [0.3, 0.4) is 0 Å². The van der Waals surface area contributed by atoms with Gasteiger partial charge in [-0.15, -0.1) is 0 Å². The Morgan fingerprint density at radius 1 is 0.467 bits per heavy atom. The number of hydrogen-bond acceptors (Lipinski definition) is 3. The molecule has 0 fully saturated rings. The monoisotopic (exact) mass is 392 g/mol. The highest BCUT2D eigenvalue weighted by Crippen LogP contribution is 2.26. The molecule has 0 saturated carbocycles. The number of benzene rings is 4. The van der Waals surface area contributed by atoms with Gasteiger partial charge in [0.2, 0.25) is 0 Å². The first-order valence-electron chi connectivity index (χ1n) is 9.99. The fourth-order valence-corrected chi connectivity index (χ4v) is 3.55. The first-order valence-corrected chi connectivity index (χ1v) is 9.99. The quantitative estimate of drug-likeness (QED) is 0.468. The predicted molar refractivity (Wildman–Crippen MR) is 123 cm³/mol. The van der Waals surface area contributed by atoms with E-state index in [-0.39, 0.29) is 5.78 Å². The summed E-state index contributed by atoms with van der Waals surface area (Å²) in [7, 11) is 0. The Morgan fingerprint density at radius 2 is 0.767 bits per heavy atom. The summed E-state index contributed by atoms with van der Waals surface area (Å²) in [4.78, 5) is 12.9. The van der Waals surface area contributed by atoms with Gasteiger partial charge in [0.15, 0.2) is 5.78 Å². The van der Waals surface area contributed by atoms with E-state index in [4.69, 9.17) is 11.5 Å². The van der Waals surface area contributed by atoms with Crippen LogP contribution in [0.15, 0.2) is 109 Å². The van der Waals surface area contributed by atoms with Crippen molar-refractivity contribution < 1.29 is 4.79 Å². The van der Waals surface area contributed by atoms with E-state index < -0.39 is 12.1 Å². The van der Waals surface area contributed by atoms with Crippen molar-refractivity contribution in [2.24, 2.45) is 11.5 Å². The van der Waals surface area contributed by atoms with E-state index in [1.807, 2.05) is 84.9 Å². The van der Waals surface area contributed by atoms with Gasteiger partial charge in [0.1, 0.15) is 0 Å². The number of carbonyl (C=O) groups is 1. The summed E-state index contributed by atoms with van der Waals surface area (Å²) in [5, 5.41) is 0. The second-order valence-corrected chi connectivity index (χ2v) is 7.33. The molecule has 4 rings (SSSR count). The molecular weight excluding hydrogens is 368 g/mol. The lowest BCUT2D eigenvalue weighted by molar-refractivity contribution is -0.121. The van der Waals surface area contributed by atoms with E-state index >= 15 is 0 Å². The van der Waals surface area contributed by atoms with Gasteiger partial charge in [-0.25, -0.2) is 0 Å². The van der Waals surface area contributed by atoms with E-state index in [0.717, 1.165) is 33.4 Å². The van der Waals surface area contributed by atoms with Gasteiger partial charge in [0.25, 0.3) is 0 Å². The maximum absolute atomic E-state index is 12.9. The molecule has 0 aromatic heterocycles. The van der Waals surface area contributed by atoms with Gasteiger partial charge in [-0.3, -0.25) is 4.79 Å². The largest absolute Gasteiger partial charge is 0.318 e. The van der Waals surface area contributed by atoms with Crippen molar-refractivity contribution in [1.29, 1.82) is 0 Å². The Morgan fingerprint density at radius 3 is 1.10 bits per heavy atom. The second-order valence-electron chi connectivity index (χ2n) is 7.33. The minimum absolute atomic E-state index is 0.199. The number of nitrogens with two attached hydrogens (primary N) is 2. The zero-order valence-electron chi connectivity index (χ0n) is 16.6. The van der Waals surface area contributed by atoms with Gasteiger partial charge in [0, 0.05) is 0 Å². The van der Waals surface area contributed by atoms with Crippen molar-refractivity contribution in [1.82, 2.24) is 0 Å². The minimum Gasteiger partial charge on any atom is -0.318 e. The van der Waals surface area contributed by atoms with Crippen molar-refractivity contribution >= 4 is 5.78 Å². The van der Waals surface area contributed by atoms with Gasteiger partial charge in [0.05, 0.1) is 12.1 Å². The van der Waals surface area contributed by atoms with Gasteiger partial charge >= 0.3 is 0 Å². The van der Waals surface area contributed by atoms with Crippen LogP contribution in [-0.4, -0.2) is 5.78 Å². The van der Waals surface area contributed by atoms with Crippen LogP contribution in [0.25, 0.3) is 22.3 Å². The Balaban J connectivity index is 1.48. The third kappa shape index (κ3) is 4.23. The minimum atomic E-state index is -0.765. The molecule has 0 radical (unpaired) electrons. The number of ketones is 1. The Kier molecular flexibility index (Phi) is 5.84. The van der Waals surface area contributed by atoms with Crippen molar-refractivity contribution in [3.63, 3.8) is 0 Å². The molecule has 3 nitrogen and oxygen atoms in total. The van der Waals surface area contributed by atoms with Crippen LogP contribution in [0, 0.1) is 0 Å². The van der Waals surface area contributed by atoms with E-state index in [2.05, 4.69) is 24.3 Å². The molecule has 0 aliphatic heterocycles. The molecule has 0 aliphatic rings. The summed E-state index contributed by atoms with van der Waals surface area (Å²) in [5.41, 5.74) is 18.4. The number of hydrogen-bond donors (Lipinski definition) is 2. The van der Waals surface area contributed by atoms with Crippen molar-refractivity contribution in [3.05, 3.63) is 120 Å². The summed E-state index contributed by atoms with van der Waals surface area (Å²) >= 11 is 0. The highest BCUT2D eigenvalue weighted by Gasteiger charge is 2.24. The molecule has 4 N–H and O–H groups in total. The Bertz CT molecular complexity index is 1010. The average Bonchev–Trinajstić information content (AvgIpc) is 2.84. The molecule has 0 bridgehead atoms. The van der Waals surface area contributed by atoms with Gasteiger partial charge in [-0.1, -0.05) is 109 Å². The van der Waals surface area contributed by atoms with E-state index in [1.165, 1.54) is 0 Å². The summed E-state index contributed by atoms with van der Waals surface area (Å²) in [6.07, 6.45) is 0. The molecule has 30 heavy (non-hydrogen) atoms. The molecule has 3 heteroatoms. The highest BCUT2D eigenvalue weighted by molar-refractivity contribution is 5.91.